The minimum absolute atomic E-state index is 0. The molecule has 1 heterocycles. The SMILES string of the molecule is Cc1ccc(S(=O)(=O)N2CCC(NC(=O)C3(N)CCCC3)CC2)cc1.Cl. The number of sulfonamides is 1. The van der Waals surface area contributed by atoms with Crippen LogP contribution in [0.5, 0.6) is 0 Å². The average Bonchev–Trinajstić information content (AvgIpc) is 3.04. The molecule has 1 aliphatic heterocycles. The van der Waals surface area contributed by atoms with Gasteiger partial charge >= 0.3 is 0 Å². The van der Waals surface area contributed by atoms with E-state index in [0.717, 1.165) is 31.2 Å². The van der Waals surface area contributed by atoms with Gasteiger partial charge in [0.25, 0.3) is 0 Å². The lowest BCUT2D eigenvalue weighted by Crippen LogP contribution is -2.56. The van der Waals surface area contributed by atoms with E-state index in [1.54, 1.807) is 12.1 Å². The first-order chi connectivity index (χ1) is 11.8. The molecule has 1 aromatic carbocycles. The minimum Gasteiger partial charge on any atom is -0.352 e. The van der Waals surface area contributed by atoms with Crippen LogP contribution in [0.25, 0.3) is 0 Å². The molecule has 8 heteroatoms. The van der Waals surface area contributed by atoms with Crippen LogP contribution in [0.2, 0.25) is 0 Å². The summed E-state index contributed by atoms with van der Waals surface area (Å²) in [4.78, 5) is 12.7. The molecule has 0 unspecified atom stereocenters. The van der Waals surface area contributed by atoms with Crippen molar-refractivity contribution in [3.05, 3.63) is 29.8 Å². The summed E-state index contributed by atoms with van der Waals surface area (Å²) in [5.74, 6) is -0.0789. The molecule has 6 nitrogen and oxygen atoms in total. The van der Waals surface area contributed by atoms with E-state index >= 15 is 0 Å². The molecule has 1 aromatic rings. The van der Waals surface area contributed by atoms with Gasteiger partial charge < -0.3 is 11.1 Å². The Kier molecular flexibility index (Phi) is 6.71. The molecule has 2 aliphatic rings. The molecule has 1 saturated heterocycles. The number of aryl methyl sites for hydroxylation is 1. The fourth-order valence-electron chi connectivity index (χ4n) is 3.66. The van der Waals surface area contributed by atoms with Gasteiger partial charge in [-0.05, 0) is 44.7 Å². The molecular weight excluding hydrogens is 374 g/mol. The number of piperidine rings is 1. The predicted molar refractivity (Wildman–Crippen MR) is 104 cm³/mol. The van der Waals surface area contributed by atoms with Crippen LogP contribution < -0.4 is 11.1 Å². The van der Waals surface area contributed by atoms with Crippen LogP contribution in [0.3, 0.4) is 0 Å². The molecule has 0 aromatic heterocycles. The number of nitrogens with zero attached hydrogens (tertiary/aromatic N) is 1. The number of hydrogen-bond acceptors (Lipinski definition) is 4. The Morgan fingerprint density at radius 3 is 2.23 bits per heavy atom. The van der Waals surface area contributed by atoms with Crippen molar-refractivity contribution >= 4 is 28.3 Å². The number of nitrogens with two attached hydrogens (primary N) is 1. The van der Waals surface area contributed by atoms with Gasteiger partial charge in [0.2, 0.25) is 15.9 Å². The molecule has 0 spiro atoms. The molecule has 26 heavy (non-hydrogen) atoms. The maximum absolute atomic E-state index is 12.7. The number of benzene rings is 1. The lowest BCUT2D eigenvalue weighted by atomic mass is 9.96. The summed E-state index contributed by atoms with van der Waals surface area (Å²) in [5, 5.41) is 3.04. The summed E-state index contributed by atoms with van der Waals surface area (Å²) in [5.41, 5.74) is 6.49. The quantitative estimate of drug-likeness (QED) is 0.806. The molecule has 0 radical (unpaired) electrons. The van der Waals surface area contributed by atoms with E-state index in [9.17, 15) is 13.2 Å². The standard InChI is InChI=1S/C18H27N3O3S.ClH/c1-14-4-6-16(7-5-14)25(23,24)21-12-8-15(9-13-21)20-17(22)18(19)10-2-3-11-18;/h4-7,15H,2-3,8-13,19H2,1H3,(H,20,22);1H. The Hall–Kier alpha value is -1.15. The van der Waals surface area contributed by atoms with Gasteiger partial charge in [0, 0.05) is 19.1 Å². The molecule has 0 atom stereocenters. The van der Waals surface area contributed by atoms with Crippen LogP contribution in [-0.2, 0) is 14.8 Å². The van der Waals surface area contributed by atoms with Gasteiger partial charge in [-0.25, -0.2) is 8.42 Å². The number of carbonyl (C=O) groups is 1. The second kappa shape index (κ2) is 8.25. The molecule has 146 valence electrons. The van der Waals surface area contributed by atoms with Crippen molar-refractivity contribution in [3.8, 4) is 0 Å². The first-order valence-electron chi connectivity index (χ1n) is 8.98. The van der Waals surface area contributed by atoms with E-state index in [1.807, 2.05) is 19.1 Å². The summed E-state index contributed by atoms with van der Waals surface area (Å²) in [6, 6.07) is 6.91. The van der Waals surface area contributed by atoms with Crippen LogP contribution >= 0.6 is 12.4 Å². The molecule has 1 amide bonds. The first kappa shape index (κ1) is 21.2. The predicted octanol–water partition coefficient (Wildman–Crippen LogP) is 1.96. The third-order valence-corrected chi connectivity index (χ3v) is 7.31. The zero-order valence-corrected chi connectivity index (χ0v) is 16.7. The highest BCUT2D eigenvalue weighted by Crippen LogP contribution is 2.28. The van der Waals surface area contributed by atoms with Crippen LogP contribution in [0.4, 0.5) is 0 Å². The number of amides is 1. The second-order valence-corrected chi connectivity index (χ2v) is 9.27. The van der Waals surface area contributed by atoms with Crippen molar-refractivity contribution in [3.63, 3.8) is 0 Å². The number of nitrogens with one attached hydrogen (secondary N) is 1. The second-order valence-electron chi connectivity index (χ2n) is 7.33. The van der Waals surface area contributed by atoms with Gasteiger partial charge in [-0.15, -0.1) is 12.4 Å². The van der Waals surface area contributed by atoms with Crippen molar-refractivity contribution in [1.82, 2.24) is 9.62 Å². The number of halogens is 1. The van der Waals surface area contributed by atoms with E-state index in [2.05, 4.69) is 5.32 Å². The van der Waals surface area contributed by atoms with Crippen LogP contribution in [0.1, 0.15) is 44.1 Å². The third kappa shape index (κ3) is 4.39. The zero-order chi connectivity index (χ0) is 18.1. The van der Waals surface area contributed by atoms with Gasteiger partial charge in [-0.1, -0.05) is 30.5 Å². The molecule has 1 saturated carbocycles. The smallest absolute Gasteiger partial charge is 0.243 e. The maximum Gasteiger partial charge on any atom is 0.243 e. The monoisotopic (exact) mass is 401 g/mol. The van der Waals surface area contributed by atoms with Gasteiger partial charge in [0.15, 0.2) is 0 Å². The Labute approximate surface area is 162 Å². The van der Waals surface area contributed by atoms with Gasteiger partial charge in [-0.2, -0.15) is 4.31 Å². The van der Waals surface area contributed by atoms with Gasteiger partial charge in [0.05, 0.1) is 10.4 Å². The highest BCUT2D eigenvalue weighted by molar-refractivity contribution is 7.89. The molecule has 0 bridgehead atoms. The highest BCUT2D eigenvalue weighted by Gasteiger charge is 2.38. The van der Waals surface area contributed by atoms with Crippen LogP contribution in [0, 0.1) is 6.92 Å². The van der Waals surface area contributed by atoms with Crippen LogP contribution in [-0.4, -0.2) is 43.3 Å². The van der Waals surface area contributed by atoms with E-state index in [4.69, 9.17) is 5.73 Å². The van der Waals surface area contributed by atoms with Gasteiger partial charge in [0.1, 0.15) is 0 Å². The first-order valence-corrected chi connectivity index (χ1v) is 10.4. The van der Waals surface area contributed by atoms with Crippen molar-refractivity contribution in [2.75, 3.05) is 13.1 Å². The summed E-state index contributed by atoms with van der Waals surface area (Å²) in [6.45, 7) is 2.76. The summed E-state index contributed by atoms with van der Waals surface area (Å²) < 4.78 is 26.9. The minimum atomic E-state index is -3.46. The lowest BCUT2D eigenvalue weighted by Gasteiger charge is -2.33. The average molecular weight is 402 g/mol. The van der Waals surface area contributed by atoms with Crippen LogP contribution in [0.15, 0.2) is 29.2 Å². The molecule has 2 fully saturated rings. The number of hydrogen-bond donors (Lipinski definition) is 2. The van der Waals surface area contributed by atoms with Gasteiger partial charge in [-0.3, -0.25) is 4.79 Å². The number of rotatable bonds is 4. The summed E-state index contributed by atoms with van der Waals surface area (Å²) >= 11 is 0. The number of carbonyl (C=O) groups excluding carboxylic acids is 1. The van der Waals surface area contributed by atoms with E-state index in [-0.39, 0.29) is 24.4 Å². The largest absolute Gasteiger partial charge is 0.352 e. The Balaban J connectivity index is 0.00000243. The summed E-state index contributed by atoms with van der Waals surface area (Å²) in [6.07, 6.45) is 4.70. The normalized spacial score (nSPS) is 21.2. The highest BCUT2D eigenvalue weighted by atomic mass is 35.5. The maximum atomic E-state index is 12.7. The molecular formula is C18H28ClN3O3S. The van der Waals surface area contributed by atoms with Crippen molar-refractivity contribution < 1.29 is 13.2 Å². The van der Waals surface area contributed by atoms with E-state index < -0.39 is 15.6 Å². The Bertz CT molecular complexity index is 723. The lowest BCUT2D eigenvalue weighted by molar-refractivity contribution is -0.127. The molecule has 3 N–H and O–H groups in total. The fourth-order valence-corrected chi connectivity index (χ4v) is 5.13. The van der Waals surface area contributed by atoms with E-state index in [0.29, 0.717) is 30.8 Å². The van der Waals surface area contributed by atoms with E-state index in [1.165, 1.54) is 4.31 Å². The Morgan fingerprint density at radius 2 is 1.69 bits per heavy atom. The summed E-state index contributed by atoms with van der Waals surface area (Å²) in [7, 11) is -3.46. The van der Waals surface area contributed by atoms with Crippen molar-refractivity contribution in [2.24, 2.45) is 5.73 Å². The van der Waals surface area contributed by atoms with Crippen molar-refractivity contribution in [2.45, 2.75) is 61.9 Å². The Morgan fingerprint density at radius 1 is 1.15 bits per heavy atom. The topological polar surface area (TPSA) is 92.5 Å². The fraction of sp³-hybridized carbons (Fsp3) is 0.611. The molecule has 1 aliphatic carbocycles. The van der Waals surface area contributed by atoms with Crippen molar-refractivity contribution in [1.29, 1.82) is 0 Å². The zero-order valence-electron chi connectivity index (χ0n) is 15.1. The molecule has 3 rings (SSSR count). The third-order valence-electron chi connectivity index (χ3n) is 5.40.